The van der Waals surface area contributed by atoms with E-state index in [-0.39, 0.29) is 18.4 Å². The SMILES string of the molecule is Cl.N[C@@H](CCF)c1ccc(Br)o1. The summed E-state index contributed by atoms with van der Waals surface area (Å²) in [7, 11) is 0. The predicted molar refractivity (Wildman–Crippen MR) is 51.2 cm³/mol. The van der Waals surface area contributed by atoms with E-state index in [0.717, 1.165) is 0 Å². The molecule has 2 N–H and O–H groups in total. The van der Waals surface area contributed by atoms with Gasteiger partial charge in [-0.2, -0.15) is 0 Å². The average Bonchev–Trinajstić information content (AvgIpc) is 2.36. The van der Waals surface area contributed by atoms with Gasteiger partial charge in [0, 0.05) is 0 Å². The van der Waals surface area contributed by atoms with Gasteiger partial charge in [0.2, 0.25) is 0 Å². The number of halogens is 3. The quantitative estimate of drug-likeness (QED) is 0.905. The van der Waals surface area contributed by atoms with Crippen LogP contribution in [0.25, 0.3) is 0 Å². The molecule has 0 unspecified atom stereocenters. The third-order valence-corrected chi connectivity index (χ3v) is 1.81. The second-order valence-corrected chi connectivity index (χ2v) is 3.01. The van der Waals surface area contributed by atoms with Crippen LogP contribution in [0.4, 0.5) is 4.39 Å². The highest BCUT2D eigenvalue weighted by atomic mass is 79.9. The second kappa shape index (κ2) is 5.56. The second-order valence-electron chi connectivity index (χ2n) is 2.23. The maximum atomic E-state index is 11.8. The molecule has 1 rings (SSSR count). The minimum Gasteiger partial charge on any atom is -0.453 e. The summed E-state index contributed by atoms with van der Waals surface area (Å²) < 4.78 is 17.6. The molecule has 1 atom stereocenters. The Morgan fingerprint density at radius 3 is 2.67 bits per heavy atom. The molecule has 5 heteroatoms. The fraction of sp³-hybridized carbons (Fsp3) is 0.429. The number of nitrogens with two attached hydrogens (primary N) is 1. The van der Waals surface area contributed by atoms with Crippen molar-refractivity contribution in [2.75, 3.05) is 6.67 Å². The normalized spacial score (nSPS) is 12.2. The first kappa shape index (κ1) is 11.9. The van der Waals surface area contributed by atoms with E-state index in [1.54, 1.807) is 12.1 Å². The lowest BCUT2D eigenvalue weighted by atomic mass is 10.2. The fourth-order valence-corrected chi connectivity index (χ4v) is 1.11. The Bertz CT molecular complexity index is 231. The molecule has 70 valence electrons. The van der Waals surface area contributed by atoms with E-state index in [2.05, 4.69) is 15.9 Å². The van der Waals surface area contributed by atoms with Gasteiger partial charge in [0.15, 0.2) is 4.67 Å². The molecular formula is C7H10BrClFNO. The van der Waals surface area contributed by atoms with E-state index in [4.69, 9.17) is 10.2 Å². The summed E-state index contributed by atoms with van der Waals surface area (Å²) in [6.45, 7) is -0.417. The van der Waals surface area contributed by atoms with Crippen molar-refractivity contribution in [3.8, 4) is 0 Å². The highest BCUT2D eigenvalue weighted by Gasteiger charge is 2.09. The van der Waals surface area contributed by atoms with Crippen molar-refractivity contribution in [1.29, 1.82) is 0 Å². The maximum absolute atomic E-state index is 11.8. The zero-order chi connectivity index (χ0) is 8.27. The van der Waals surface area contributed by atoms with Crippen LogP contribution in [0.1, 0.15) is 18.2 Å². The molecule has 0 aliphatic heterocycles. The number of hydrogen-bond donors (Lipinski definition) is 1. The van der Waals surface area contributed by atoms with E-state index in [0.29, 0.717) is 16.9 Å². The zero-order valence-corrected chi connectivity index (χ0v) is 8.70. The van der Waals surface area contributed by atoms with Crippen molar-refractivity contribution in [1.82, 2.24) is 0 Å². The molecule has 0 saturated carbocycles. The summed E-state index contributed by atoms with van der Waals surface area (Å²) in [6, 6.07) is 3.16. The molecule has 0 aliphatic carbocycles. The first-order chi connectivity index (χ1) is 5.24. The summed E-state index contributed by atoms with van der Waals surface area (Å²) in [5, 5.41) is 0. The molecular weight excluding hydrogens is 248 g/mol. The molecule has 2 nitrogen and oxygen atoms in total. The largest absolute Gasteiger partial charge is 0.453 e. The van der Waals surface area contributed by atoms with Crippen LogP contribution in [0.15, 0.2) is 21.2 Å². The molecule has 12 heavy (non-hydrogen) atoms. The van der Waals surface area contributed by atoms with Gasteiger partial charge in [-0.15, -0.1) is 12.4 Å². The van der Waals surface area contributed by atoms with Gasteiger partial charge >= 0.3 is 0 Å². The first-order valence-corrected chi connectivity index (χ1v) is 4.10. The lowest BCUT2D eigenvalue weighted by Gasteiger charge is -2.03. The Labute approximate surface area is 84.8 Å². The first-order valence-electron chi connectivity index (χ1n) is 3.31. The molecule has 0 radical (unpaired) electrons. The molecule has 0 aliphatic rings. The summed E-state index contributed by atoms with van der Waals surface area (Å²) in [5.41, 5.74) is 5.56. The Kier molecular flexibility index (Phi) is 5.53. The Balaban J connectivity index is 0.00000121. The van der Waals surface area contributed by atoms with Gasteiger partial charge in [-0.05, 0) is 34.5 Å². The highest BCUT2D eigenvalue weighted by Crippen LogP contribution is 2.20. The third kappa shape index (κ3) is 3.13. The minimum absolute atomic E-state index is 0. The Morgan fingerprint density at radius 1 is 1.58 bits per heavy atom. The van der Waals surface area contributed by atoms with Crippen molar-refractivity contribution >= 4 is 28.3 Å². The van der Waals surface area contributed by atoms with Gasteiger partial charge in [-0.25, -0.2) is 0 Å². The molecule has 0 bridgehead atoms. The van der Waals surface area contributed by atoms with Crippen LogP contribution in [0.5, 0.6) is 0 Å². The molecule has 1 aromatic heterocycles. The van der Waals surface area contributed by atoms with Gasteiger partial charge in [-0.3, -0.25) is 4.39 Å². The molecule has 1 heterocycles. The minimum atomic E-state index is -0.417. The molecule has 1 aromatic rings. The van der Waals surface area contributed by atoms with E-state index >= 15 is 0 Å². The predicted octanol–water partition coefficient (Wildman–Crippen LogP) is 2.82. The Morgan fingerprint density at radius 2 is 2.25 bits per heavy atom. The van der Waals surface area contributed by atoms with Crippen molar-refractivity contribution in [3.05, 3.63) is 22.6 Å². The number of furan rings is 1. The smallest absolute Gasteiger partial charge is 0.169 e. The standard InChI is InChI=1S/C7H9BrFNO.ClH/c8-7-2-1-6(11-7)5(10)3-4-9;/h1-2,5H,3-4,10H2;1H/t5-;/m0./s1. The van der Waals surface area contributed by atoms with Crippen LogP contribution in [0.2, 0.25) is 0 Å². The summed E-state index contributed by atoms with van der Waals surface area (Å²) in [6.07, 6.45) is 0.306. The van der Waals surface area contributed by atoms with Gasteiger partial charge in [0.1, 0.15) is 5.76 Å². The van der Waals surface area contributed by atoms with Crippen LogP contribution >= 0.6 is 28.3 Å². The molecule has 0 saturated heterocycles. The molecule has 0 spiro atoms. The Hall–Kier alpha value is -0.0600. The van der Waals surface area contributed by atoms with Gasteiger partial charge in [0.25, 0.3) is 0 Å². The van der Waals surface area contributed by atoms with Gasteiger partial charge < -0.3 is 10.2 Å². The van der Waals surface area contributed by atoms with E-state index < -0.39 is 6.67 Å². The summed E-state index contributed by atoms with van der Waals surface area (Å²) in [4.78, 5) is 0. The topological polar surface area (TPSA) is 39.2 Å². The summed E-state index contributed by atoms with van der Waals surface area (Å²) >= 11 is 3.14. The number of rotatable bonds is 3. The van der Waals surface area contributed by atoms with Crippen molar-refractivity contribution in [2.45, 2.75) is 12.5 Å². The van der Waals surface area contributed by atoms with E-state index in [9.17, 15) is 4.39 Å². The van der Waals surface area contributed by atoms with E-state index in [1.807, 2.05) is 0 Å². The lowest BCUT2D eigenvalue weighted by molar-refractivity contribution is 0.390. The number of alkyl halides is 1. The van der Waals surface area contributed by atoms with Crippen LogP contribution in [0.3, 0.4) is 0 Å². The lowest BCUT2D eigenvalue weighted by Crippen LogP contribution is -2.09. The van der Waals surface area contributed by atoms with Gasteiger partial charge in [0.05, 0.1) is 12.7 Å². The number of hydrogen-bond acceptors (Lipinski definition) is 2. The van der Waals surface area contributed by atoms with Crippen LogP contribution < -0.4 is 5.73 Å². The van der Waals surface area contributed by atoms with Crippen molar-refractivity contribution in [3.63, 3.8) is 0 Å². The zero-order valence-electron chi connectivity index (χ0n) is 6.30. The van der Waals surface area contributed by atoms with Crippen molar-refractivity contribution < 1.29 is 8.81 Å². The van der Waals surface area contributed by atoms with E-state index in [1.165, 1.54) is 0 Å². The summed E-state index contributed by atoms with van der Waals surface area (Å²) in [5.74, 6) is 0.620. The molecule has 0 fully saturated rings. The highest BCUT2D eigenvalue weighted by molar-refractivity contribution is 9.10. The molecule has 0 aromatic carbocycles. The average molecular weight is 259 g/mol. The monoisotopic (exact) mass is 257 g/mol. The van der Waals surface area contributed by atoms with Crippen molar-refractivity contribution in [2.24, 2.45) is 5.73 Å². The maximum Gasteiger partial charge on any atom is 0.169 e. The van der Waals surface area contributed by atoms with Crippen LogP contribution in [-0.2, 0) is 0 Å². The van der Waals surface area contributed by atoms with Gasteiger partial charge in [-0.1, -0.05) is 0 Å². The molecule has 0 amide bonds. The third-order valence-electron chi connectivity index (χ3n) is 1.38. The van der Waals surface area contributed by atoms with Crippen LogP contribution in [-0.4, -0.2) is 6.67 Å². The van der Waals surface area contributed by atoms with Crippen LogP contribution in [0, 0.1) is 0 Å². The fourth-order valence-electron chi connectivity index (χ4n) is 0.787.